The van der Waals surface area contributed by atoms with Gasteiger partial charge in [0.15, 0.2) is 0 Å². The largest absolute Gasteiger partial charge is 0.465 e. The van der Waals surface area contributed by atoms with Gasteiger partial charge >= 0.3 is 5.97 Å². The van der Waals surface area contributed by atoms with Crippen LogP contribution in [0.4, 0.5) is 11.4 Å². The zero-order valence-corrected chi connectivity index (χ0v) is 21.5. The lowest BCUT2D eigenvalue weighted by Gasteiger charge is -2.18. The summed E-state index contributed by atoms with van der Waals surface area (Å²) in [6, 6.07) is 30.8. The van der Waals surface area contributed by atoms with Crippen LogP contribution in [-0.4, -0.2) is 27.4 Å². The number of thioether (sulfide) groups is 1. The van der Waals surface area contributed by atoms with Gasteiger partial charge in [-0.15, -0.1) is 11.8 Å². The number of carbonyl (C=O) groups excluding carboxylic acids is 2. The van der Waals surface area contributed by atoms with Crippen LogP contribution >= 0.6 is 11.8 Å². The third-order valence-electron chi connectivity index (χ3n) is 5.34. The van der Waals surface area contributed by atoms with Crippen LogP contribution in [0.3, 0.4) is 0 Å². The predicted octanol–water partition coefficient (Wildman–Crippen LogP) is 5.75. The molecule has 0 radical (unpaired) electrons. The molecule has 1 unspecified atom stereocenters. The molecule has 0 aliphatic rings. The average molecular weight is 533 g/mol. The van der Waals surface area contributed by atoms with Gasteiger partial charge < -0.3 is 10.1 Å². The Labute approximate surface area is 219 Å². The topological polar surface area (TPSA) is 102 Å². The molecule has 0 saturated carbocycles. The van der Waals surface area contributed by atoms with Crippen molar-refractivity contribution in [2.24, 2.45) is 0 Å². The molecular formula is C28H24N2O5S2. The molecule has 0 bridgehead atoms. The van der Waals surface area contributed by atoms with E-state index >= 15 is 0 Å². The summed E-state index contributed by atoms with van der Waals surface area (Å²) >= 11 is 1.31. The van der Waals surface area contributed by atoms with Gasteiger partial charge in [0.05, 0.1) is 23.3 Å². The molecule has 0 aliphatic carbocycles. The van der Waals surface area contributed by atoms with Crippen LogP contribution in [0.25, 0.3) is 0 Å². The lowest BCUT2D eigenvalue weighted by Crippen LogP contribution is -2.20. The van der Waals surface area contributed by atoms with E-state index in [9.17, 15) is 18.0 Å². The Bertz CT molecular complexity index is 1480. The molecule has 2 N–H and O–H groups in total. The summed E-state index contributed by atoms with van der Waals surface area (Å²) in [4.78, 5) is 26.5. The Balaban J connectivity index is 1.54. The van der Waals surface area contributed by atoms with Crippen LogP contribution in [0.5, 0.6) is 0 Å². The van der Waals surface area contributed by atoms with Gasteiger partial charge in [0, 0.05) is 10.6 Å². The summed E-state index contributed by atoms with van der Waals surface area (Å²) < 4.78 is 32.6. The van der Waals surface area contributed by atoms with Crippen LogP contribution in [0.2, 0.25) is 0 Å². The third kappa shape index (κ3) is 6.58. The fourth-order valence-corrected chi connectivity index (χ4v) is 5.63. The SMILES string of the molecule is COC(=O)c1ccccc1NC(=O)C(Sc1ccc(NS(=O)(=O)c2ccccc2)cc1)c1ccccc1. The predicted molar refractivity (Wildman–Crippen MR) is 145 cm³/mol. The molecule has 1 atom stereocenters. The smallest absolute Gasteiger partial charge is 0.339 e. The van der Waals surface area contributed by atoms with Crippen LogP contribution in [0.1, 0.15) is 21.2 Å². The molecule has 0 aliphatic heterocycles. The van der Waals surface area contributed by atoms with Crippen LogP contribution in [-0.2, 0) is 19.6 Å². The van der Waals surface area contributed by atoms with Gasteiger partial charge in [-0.1, -0.05) is 60.7 Å². The number of esters is 1. The normalized spacial score (nSPS) is 11.8. The lowest BCUT2D eigenvalue weighted by atomic mass is 10.1. The van der Waals surface area contributed by atoms with E-state index in [0.717, 1.165) is 10.5 Å². The van der Waals surface area contributed by atoms with Crippen molar-refractivity contribution in [3.63, 3.8) is 0 Å². The first-order chi connectivity index (χ1) is 17.9. The van der Waals surface area contributed by atoms with Gasteiger partial charge in [0.1, 0.15) is 5.25 Å². The number of methoxy groups -OCH3 is 1. The third-order valence-corrected chi connectivity index (χ3v) is 8.01. The Kier molecular flexibility index (Phi) is 8.27. The van der Waals surface area contributed by atoms with Crippen molar-refractivity contribution < 1.29 is 22.7 Å². The van der Waals surface area contributed by atoms with Gasteiger partial charge in [-0.3, -0.25) is 9.52 Å². The van der Waals surface area contributed by atoms with Crippen LogP contribution in [0.15, 0.2) is 119 Å². The summed E-state index contributed by atoms with van der Waals surface area (Å²) in [7, 11) is -2.43. The summed E-state index contributed by atoms with van der Waals surface area (Å²) in [5.74, 6) is -0.866. The number of amides is 1. The summed E-state index contributed by atoms with van der Waals surface area (Å²) in [5.41, 5.74) is 1.78. The van der Waals surface area contributed by atoms with E-state index in [0.29, 0.717) is 11.4 Å². The molecule has 0 spiro atoms. The molecule has 37 heavy (non-hydrogen) atoms. The van der Waals surface area contributed by atoms with Crippen LogP contribution < -0.4 is 10.0 Å². The minimum atomic E-state index is -3.71. The zero-order valence-electron chi connectivity index (χ0n) is 19.8. The summed E-state index contributed by atoms with van der Waals surface area (Å²) in [5, 5.41) is 2.21. The molecule has 4 aromatic carbocycles. The maximum absolute atomic E-state index is 13.4. The second-order valence-electron chi connectivity index (χ2n) is 7.88. The Morgan fingerprint density at radius 3 is 2.03 bits per heavy atom. The number of ether oxygens (including phenoxy) is 1. The number of hydrogen-bond donors (Lipinski definition) is 2. The number of sulfonamides is 1. The molecule has 7 nitrogen and oxygen atoms in total. The van der Waals surface area contributed by atoms with E-state index in [2.05, 4.69) is 10.0 Å². The molecule has 0 aromatic heterocycles. The van der Waals surface area contributed by atoms with Gasteiger partial charge in [-0.05, 0) is 54.1 Å². The number of hydrogen-bond acceptors (Lipinski definition) is 6. The first kappa shape index (κ1) is 26.0. The second-order valence-corrected chi connectivity index (χ2v) is 10.7. The first-order valence-electron chi connectivity index (χ1n) is 11.2. The van der Waals surface area contributed by atoms with Crippen molar-refractivity contribution in [3.05, 3.63) is 120 Å². The molecule has 0 fully saturated rings. The Morgan fingerprint density at radius 2 is 1.38 bits per heavy atom. The molecule has 9 heteroatoms. The van der Waals surface area contributed by atoms with Gasteiger partial charge in [-0.25, -0.2) is 13.2 Å². The van der Waals surface area contributed by atoms with E-state index < -0.39 is 21.2 Å². The number of anilines is 2. The standard InChI is InChI=1S/C28H24N2O5S2/c1-35-28(32)24-14-8-9-15-25(24)29-27(31)26(20-10-4-2-5-11-20)36-22-18-16-21(17-19-22)30-37(33,34)23-12-6-3-7-13-23/h2-19,26,30H,1H3,(H,29,31). The van der Waals surface area contributed by atoms with E-state index in [4.69, 9.17) is 4.74 Å². The highest BCUT2D eigenvalue weighted by Gasteiger charge is 2.24. The molecule has 4 aromatic rings. The minimum Gasteiger partial charge on any atom is -0.465 e. The number of benzene rings is 4. The molecule has 0 saturated heterocycles. The van der Waals surface area contributed by atoms with Crippen molar-refractivity contribution in [2.75, 3.05) is 17.1 Å². The van der Waals surface area contributed by atoms with Crippen LogP contribution in [0, 0.1) is 0 Å². The second kappa shape index (κ2) is 11.8. The molecule has 0 heterocycles. The molecule has 1 amide bonds. The fraction of sp³-hybridized carbons (Fsp3) is 0.0714. The van der Waals surface area contributed by atoms with E-state index in [-0.39, 0.29) is 16.4 Å². The lowest BCUT2D eigenvalue weighted by molar-refractivity contribution is -0.115. The quantitative estimate of drug-likeness (QED) is 0.210. The maximum atomic E-state index is 13.4. The first-order valence-corrected chi connectivity index (χ1v) is 13.6. The fourth-order valence-electron chi connectivity index (χ4n) is 3.53. The van der Waals surface area contributed by atoms with Gasteiger partial charge in [0.25, 0.3) is 10.0 Å². The Morgan fingerprint density at radius 1 is 0.784 bits per heavy atom. The van der Waals surface area contributed by atoms with E-state index in [1.165, 1.54) is 31.0 Å². The van der Waals surface area contributed by atoms with E-state index in [1.54, 1.807) is 66.7 Å². The average Bonchev–Trinajstić information content (AvgIpc) is 2.93. The Hall–Kier alpha value is -4.08. The molecule has 4 rings (SSSR count). The van der Waals surface area contributed by atoms with Crippen molar-refractivity contribution in [1.82, 2.24) is 0 Å². The van der Waals surface area contributed by atoms with Crippen molar-refractivity contribution in [2.45, 2.75) is 15.0 Å². The van der Waals surface area contributed by atoms with Gasteiger partial charge in [-0.2, -0.15) is 0 Å². The number of nitrogens with one attached hydrogen (secondary N) is 2. The molecular weight excluding hydrogens is 508 g/mol. The maximum Gasteiger partial charge on any atom is 0.339 e. The zero-order chi connectivity index (χ0) is 26.3. The van der Waals surface area contributed by atoms with Crippen molar-refractivity contribution >= 4 is 45.0 Å². The van der Waals surface area contributed by atoms with Crippen molar-refractivity contribution in [1.29, 1.82) is 0 Å². The van der Waals surface area contributed by atoms with Crippen molar-refractivity contribution in [3.8, 4) is 0 Å². The number of para-hydroxylation sites is 1. The highest BCUT2D eigenvalue weighted by atomic mass is 32.2. The highest BCUT2D eigenvalue weighted by Crippen LogP contribution is 2.37. The monoisotopic (exact) mass is 532 g/mol. The highest BCUT2D eigenvalue weighted by molar-refractivity contribution is 8.00. The summed E-state index contributed by atoms with van der Waals surface area (Å²) in [6.07, 6.45) is 0. The van der Waals surface area contributed by atoms with Gasteiger partial charge in [0.2, 0.25) is 5.91 Å². The summed E-state index contributed by atoms with van der Waals surface area (Å²) in [6.45, 7) is 0. The number of carbonyl (C=O) groups is 2. The minimum absolute atomic E-state index is 0.168. The molecule has 188 valence electrons. The number of rotatable bonds is 9. The van der Waals surface area contributed by atoms with E-state index in [1.807, 2.05) is 30.3 Å².